The van der Waals surface area contributed by atoms with Crippen LogP contribution in [0.25, 0.3) is 0 Å². The van der Waals surface area contributed by atoms with Gasteiger partial charge in [-0.1, -0.05) is 0 Å². The molecule has 1 N–H and O–H groups in total. The second-order valence-corrected chi connectivity index (χ2v) is 3.99. The fourth-order valence-electron chi connectivity index (χ4n) is 1.98. The van der Waals surface area contributed by atoms with Crippen LogP contribution in [0.2, 0.25) is 0 Å². The minimum atomic E-state index is -0.376. The van der Waals surface area contributed by atoms with Crippen LogP contribution < -0.4 is 5.32 Å². The number of nitro groups is 1. The van der Waals surface area contributed by atoms with Gasteiger partial charge in [-0.3, -0.25) is 14.9 Å². The highest BCUT2D eigenvalue weighted by Crippen LogP contribution is 2.34. The third-order valence-electron chi connectivity index (χ3n) is 3.04. The summed E-state index contributed by atoms with van der Waals surface area (Å²) in [6, 6.07) is 1.57. The van der Waals surface area contributed by atoms with Crippen molar-refractivity contribution in [2.45, 2.75) is 26.7 Å². The van der Waals surface area contributed by atoms with Crippen molar-refractivity contribution in [2.24, 2.45) is 0 Å². The SMILES string of the molecule is Cc1c([N+](=O)[O-])cc2c(c1C)NC(=O)CC2. The number of anilines is 1. The number of nitro benzene ring substituents is 1. The predicted molar refractivity (Wildman–Crippen MR) is 59.5 cm³/mol. The van der Waals surface area contributed by atoms with Crippen LogP contribution in [-0.4, -0.2) is 10.8 Å². The van der Waals surface area contributed by atoms with Crippen molar-refractivity contribution in [1.29, 1.82) is 0 Å². The summed E-state index contributed by atoms with van der Waals surface area (Å²) in [5, 5.41) is 13.6. The largest absolute Gasteiger partial charge is 0.326 e. The summed E-state index contributed by atoms with van der Waals surface area (Å²) in [6.45, 7) is 3.50. The molecule has 0 radical (unpaired) electrons. The Hall–Kier alpha value is -1.91. The van der Waals surface area contributed by atoms with Crippen molar-refractivity contribution >= 4 is 17.3 Å². The quantitative estimate of drug-likeness (QED) is 0.581. The van der Waals surface area contributed by atoms with Gasteiger partial charge < -0.3 is 5.32 Å². The van der Waals surface area contributed by atoms with E-state index in [0.717, 1.165) is 16.8 Å². The van der Waals surface area contributed by atoms with Gasteiger partial charge in [0.05, 0.1) is 4.92 Å². The van der Waals surface area contributed by atoms with E-state index in [2.05, 4.69) is 5.32 Å². The summed E-state index contributed by atoms with van der Waals surface area (Å²) >= 11 is 0. The number of carbonyl (C=O) groups excluding carboxylic acids is 1. The molecule has 84 valence electrons. The number of hydrogen-bond acceptors (Lipinski definition) is 3. The highest BCUT2D eigenvalue weighted by atomic mass is 16.6. The molecular formula is C11H12N2O3. The van der Waals surface area contributed by atoms with Gasteiger partial charge in [0, 0.05) is 23.7 Å². The lowest BCUT2D eigenvalue weighted by Crippen LogP contribution is -2.20. The van der Waals surface area contributed by atoms with Gasteiger partial charge in [0.1, 0.15) is 0 Å². The first kappa shape index (κ1) is 10.6. The summed E-state index contributed by atoms with van der Waals surface area (Å²) < 4.78 is 0. The predicted octanol–water partition coefficient (Wildman–Crippen LogP) is 2.10. The summed E-state index contributed by atoms with van der Waals surface area (Å²) in [6.07, 6.45) is 0.968. The minimum Gasteiger partial charge on any atom is -0.326 e. The molecule has 1 heterocycles. The molecule has 16 heavy (non-hydrogen) atoms. The molecule has 0 saturated carbocycles. The van der Waals surface area contributed by atoms with E-state index in [0.29, 0.717) is 18.4 Å². The molecule has 0 atom stereocenters. The number of aryl methyl sites for hydroxylation is 1. The van der Waals surface area contributed by atoms with E-state index in [1.807, 2.05) is 0 Å². The van der Waals surface area contributed by atoms with Crippen molar-refractivity contribution < 1.29 is 9.72 Å². The van der Waals surface area contributed by atoms with Crippen LogP contribution in [0.3, 0.4) is 0 Å². The Bertz CT molecular complexity index is 494. The number of hydrogen-bond donors (Lipinski definition) is 1. The summed E-state index contributed by atoms with van der Waals surface area (Å²) in [7, 11) is 0. The molecule has 0 aromatic heterocycles. The van der Waals surface area contributed by atoms with Crippen LogP contribution in [0.15, 0.2) is 6.07 Å². The maximum atomic E-state index is 11.3. The Morgan fingerprint density at radius 1 is 1.31 bits per heavy atom. The Balaban J connectivity index is 2.63. The molecule has 1 aromatic rings. The van der Waals surface area contributed by atoms with E-state index in [9.17, 15) is 14.9 Å². The lowest BCUT2D eigenvalue weighted by molar-refractivity contribution is -0.385. The number of nitrogens with zero attached hydrogens (tertiary/aromatic N) is 1. The average Bonchev–Trinajstić information content (AvgIpc) is 2.23. The van der Waals surface area contributed by atoms with Gasteiger partial charge in [0.15, 0.2) is 0 Å². The lowest BCUT2D eigenvalue weighted by Gasteiger charge is -2.20. The van der Waals surface area contributed by atoms with Crippen LogP contribution in [0, 0.1) is 24.0 Å². The third kappa shape index (κ3) is 1.54. The fourth-order valence-corrected chi connectivity index (χ4v) is 1.98. The fraction of sp³-hybridized carbons (Fsp3) is 0.364. The first-order valence-corrected chi connectivity index (χ1v) is 5.08. The van der Waals surface area contributed by atoms with Gasteiger partial charge in [0.25, 0.3) is 5.69 Å². The van der Waals surface area contributed by atoms with Gasteiger partial charge >= 0.3 is 0 Å². The smallest absolute Gasteiger partial charge is 0.272 e. The van der Waals surface area contributed by atoms with Crippen molar-refractivity contribution in [1.82, 2.24) is 0 Å². The Morgan fingerprint density at radius 2 is 2.00 bits per heavy atom. The van der Waals surface area contributed by atoms with Crippen molar-refractivity contribution in [3.05, 3.63) is 32.9 Å². The van der Waals surface area contributed by atoms with Gasteiger partial charge in [-0.05, 0) is 31.4 Å². The van der Waals surface area contributed by atoms with Crippen LogP contribution in [0.1, 0.15) is 23.1 Å². The van der Waals surface area contributed by atoms with E-state index < -0.39 is 0 Å². The third-order valence-corrected chi connectivity index (χ3v) is 3.04. The molecule has 1 amide bonds. The zero-order valence-corrected chi connectivity index (χ0v) is 9.16. The molecular weight excluding hydrogens is 208 g/mol. The first-order chi connectivity index (χ1) is 7.50. The molecule has 5 nitrogen and oxygen atoms in total. The van der Waals surface area contributed by atoms with Crippen molar-refractivity contribution in [3.8, 4) is 0 Å². The number of rotatable bonds is 1. The molecule has 0 unspecified atom stereocenters. The topological polar surface area (TPSA) is 72.2 Å². The zero-order valence-electron chi connectivity index (χ0n) is 9.16. The Kier molecular flexibility index (Phi) is 2.38. The van der Waals surface area contributed by atoms with Gasteiger partial charge in [-0.25, -0.2) is 0 Å². The van der Waals surface area contributed by atoms with Crippen molar-refractivity contribution in [3.63, 3.8) is 0 Å². The van der Waals surface area contributed by atoms with Crippen LogP contribution >= 0.6 is 0 Å². The molecule has 5 heteroatoms. The van der Waals surface area contributed by atoms with E-state index >= 15 is 0 Å². The molecule has 2 rings (SSSR count). The lowest BCUT2D eigenvalue weighted by atomic mass is 9.95. The molecule has 1 aliphatic rings. The molecule has 0 spiro atoms. The molecule has 0 saturated heterocycles. The average molecular weight is 220 g/mol. The number of fused-ring (bicyclic) bond motifs is 1. The van der Waals surface area contributed by atoms with E-state index in [4.69, 9.17) is 0 Å². The molecule has 0 fully saturated rings. The highest BCUT2D eigenvalue weighted by molar-refractivity contribution is 5.95. The first-order valence-electron chi connectivity index (χ1n) is 5.08. The van der Waals surface area contributed by atoms with E-state index in [1.54, 1.807) is 19.9 Å². The van der Waals surface area contributed by atoms with Crippen LogP contribution in [0.4, 0.5) is 11.4 Å². The van der Waals surface area contributed by atoms with Crippen LogP contribution in [-0.2, 0) is 11.2 Å². The molecule has 1 aliphatic heterocycles. The Labute approximate surface area is 92.6 Å². The summed E-state index contributed by atoms with van der Waals surface area (Å²) in [4.78, 5) is 21.7. The molecule has 1 aromatic carbocycles. The zero-order chi connectivity index (χ0) is 11.9. The van der Waals surface area contributed by atoms with E-state index in [1.165, 1.54) is 0 Å². The monoisotopic (exact) mass is 220 g/mol. The second-order valence-electron chi connectivity index (χ2n) is 3.99. The maximum Gasteiger partial charge on any atom is 0.272 e. The standard InChI is InChI=1S/C11H12N2O3/c1-6-7(2)11-8(3-4-10(14)12-11)5-9(6)13(15)16/h5H,3-4H2,1-2H3,(H,12,14). The Morgan fingerprint density at radius 3 is 2.62 bits per heavy atom. The maximum absolute atomic E-state index is 11.3. The summed E-state index contributed by atoms with van der Waals surface area (Å²) in [5.41, 5.74) is 3.14. The van der Waals surface area contributed by atoms with Crippen LogP contribution in [0.5, 0.6) is 0 Å². The number of benzene rings is 1. The van der Waals surface area contributed by atoms with Gasteiger partial charge in [0.2, 0.25) is 5.91 Å². The summed E-state index contributed by atoms with van der Waals surface area (Å²) in [5.74, 6) is -0.0242. The van der Waals surface area contributed by atoms with Crippen molar-refractivity contribution in [2.75, 3.05) is 5.32 Å². The van der Waals surface area contributed by atoms with Gasteiger partial charge in [-0.2, -0.15) is 0 Å². The van der Waals surface area contributed by atoms with E-state index in [-0.39, 0.29) is 16.5 Å². The molecule has 0 bridgehead atoms. The number of nitrogens with one attached hydrogen (secondary N) is 1. The number of amides is 1. The second kappa shape index (κ2) is 3.59. The minimum absolute atomic E-state index is 0.0242. The number of carbonyl (C=O) groups is 1. The molecule has 0 aliphatic carbocycles. The van der Waals surface area contributed by atoms with Gasteiger partial charge in [-0.15, -0.1) is 0 Å². The highest BCUT2D eigenvalue weighted by Gasteiger charge is 2.23. The normalized spacial score (nSPS) is 14.2.